The van der Waals surface area contributed by atoms with Gasteiger partial charge >= 0.3 is 11.7 Å². The van der Waals surface area contributed by atoms with Crippen LogP contribution in [0.4, 0.5) is 0 Å². The zero-order valence-corrected chi connectivity index (χ0v) is 8.65. The van der Waals surface area contributed by atoms with Gasteiger partial charge in [-0.15, -0.1) is 0 Å². The minimum Gasteiger partial charge on any atom is -0.481 e. The largest absolute Gasteiger partial charge is 0.481 e. The Kier molecular flexibility index (Phi) is 3.00. The van der Waals surface area contributed by atoms with Crippen LogP contribution in [0, 0.1) is 0 Å². The molecule has 2 heterocycles. The molecule has 1 aliphatic rings. The van der Waals surface area contributed by atoms with Crippen LogP contribution in [0.1, 0.15) is 17.0 Å². The SMILES string of the molecule is O=C(O)Cc1nc(=O)[nH]c2c1CCOCC2. The van der Waals surface area contributed by atoms with Crippen molar-refractivity contribution in [2.24, 2.45) is 0 Å². The molecule has 0 aliphatic carbocycles. The number of aromatic amines is 1. The summed E-state index contributed by atoms with van der Waals surface area (Å²) >= 11 is 0. The summed E-state index contributed by atoms with van der Waals surface area (Å²) in [6.45, 7) is 1.08. The number of carboxylic acid groups (broad SMARTS) is 1. The van der Waals surface area contributed by atoms with E-state index in [2.05, 4.69) is 9.97 Å². The molecule has 0 saturated carbocycles. The number of rotatable bonds is 2. The number of nitrogens with zero attached hydrogens (tertiary/aromatic N) is 1. The molecule has 0 radical (unpaired) electrons. The molecule has 6 nitrogen and oxygen atoms in total. The number of H-pyrrole nitrogens is 1. The van der Waals surface area contributed by atoms with E-state index in [4.69, 9.17) is 9.84 Å². The van der Waals surface area contributed by atoms with E-state index in [-0.39, 0.29) is 6.42 Å². The van der Waals surface area contributed by atoms with Crippen molar-refractivity contribution in [3.05, 3.63) is 27.4 Å². The Morgan fingerprint density at radius 1 is 1.44 bits per heavy atom. The third-order valence-corrected chi connectivity index (χ3v) is 2.52. The van der Waals surface area contributed by atoms with Gasteiger partial charge in [0, 0.05) is 12.1 Å². The van der Waals surface area contributed by atoms with E-state index in [1.54, 1.807) is 0 Å². The summed E-state index contributed by atoms with van der Waals surface area (Å²) in [6, 6.07) is 0. The van der Waals surface area contributed by atoms with E-state index in [0.717, 1.165) is 11.3 Å². The standard InChI is InChI=1S/C10H12N2O4/c13-9(14)5-8-6-1-3-16-4-2-7(6)11-10(15)12-8/h1-5H2,(H,13,14)(H,11,12,15). The molecular formula is C10H12N2O4. The van der Waals surface area contributed by atoms with Crippen LogP contribution in [0.25, 0.3) is 0 Å². The maximum atomic E-state index is 11.3. The highest BCUT2D eigenvalue weighted by Gasteiger charge is 2.16. The second-order valence-corrected chi connectivity index (χ2v) is 3.63. The maximum absolute atomic E-state index is 11.3. The second kappa shape index (κ2) is 4.44. The van der Waals surface area contributed by atoms with Crippen LogP contribution in [0.2, 0.25) is 0 Å². The summed E-state index contributed by atoms with van der Waals surface area (Å²) in [5.74, 6) is -0.981. The van der Waals surface area contributed by atoms with E-state index in [9.17, 15) is 9.59 Å². The van der Waals surface area contributed by atoms with Crippen LogP contribution in [0.15, 0.2) is 4.79 Å². The predicted octanol–water partition coefficient (Wildman–Crippen LogP) is -0.488. The molecule has 1 aliphatic heterocycles. The van der Waals surface area contributed by atoms with Gasteiger partial charge in [-0.2, -0.15) is 4.98 Å². The molecule has 2 rings (SSSR count). The number of carboxylic acids is 1. The average Bonchev–Trinajstić information content (AvgIpc) is 2.41. The fourth-order valence-corrected chi connectivity index (χ4v) is 1.85. The smallest absolute Gasteiger partial charge is 0.345 e. The van der Waals surface area contributed by atoms with Gasteiger partial charge in [-0.05, 0) is 12.0 Å². The molecule has 1 aromatic heterocycles. The molecule has 0 bridgehead atoms. The van der Waals surface area contributed by atoms with Crippen molar-refractivity contribution in [1.29, 1.82) is 0 Å². The monoisotopic (exact) mass is 224 g/mol. The summed E-state index contributed by atoms with van der Waals surface area (Å²) in [4.78, 5) is 28.3. The topological polar surface area (TPSA) is 92.3 Å². The Balaban J connectivity index is 2.46. The number of fused-ring (bicyclic) bond motifs is 1. The lowest BCUT2D eigenvalue weighted by atomic mass is 10.1. The number of aromatic nitrogens is 2. The van der Waals surface area contributed by atoms with Crippen molar-refractivity contribution in [2.45, 2.75) is 19.3 Å². The molecule has 0 unspecified atom stereocenters. The number of aliphatic carboxylic acids is 1. The van der Waals surface area contributed by atoms with E-state index >= 15 is 0 Å². The third-order valence-electron chi connectivity index (χ3n) is 2.52. The number of nitrogens with one attached hydrogen (secondary N) is 1. The summed E-state index contributed by atoms with van der Waals surface area (Å²) in [7, 11) is 0. The summed E-state index contributed by atoms with van der Waals surface area (Å²) < 4.78 is 5.28. The molecule has 0 fully saturated rings. The van der Waals surface area contributed by atoms with Gasteiger partial charge in [0.15, 0.2) is 0 Å². The van der Waals surface area contributed by atoms with Crippen LogP contribution < -0.4 is 5.69 Å². The molecule has 0 amide bonds. The number of carbonyl (C=O) groups is 1. The lowest BCUT2D eigenvalue weighted by Crippen LogP contribution is -2.21. The van der Waals surface area contributed by atoms with Crippen molar-refractivity contribution < 1.29 is 14.6 Å². The van der Waals surface area contributed by atoms with Crippen LogP contribution in [0.5, 0.6) is 0 Å². The van der Waals surface area contributed by atoms with E-state index < -0.39 is 11.7 Å². The number of hydrogen-bond acceptors (Lipinski definition) is 4. The summed E-state index contributed by atoms with van der Waals surface area (Å²) in [5, 5.41) is 8.75. The Hall–Kier alpha value is -1.69. The average molecular weight is 224 g/mol. The quantitative estimate of drug-likeness (QED) is 0.707. The van der Waals surface area contributed by atoms with Crippen molar-refractivity contribution >= 4 is 5.97 Å². The van der Waals surface area contributed by atoms with Crippen LogP contribution >= 0.6 is 0 Å². The minimum absolute atomic E-state index is 0.216. The van der Waals surface area contributed by atoms with Gasteiger partial charge in [-0.25, -0.2) is 4.79 Å². The van der Waals surface area contributed by atoms with E-state index in [1.165, 1.54) is 0 Å². The minimum atomic E-state index is -0.981. The van der Waals surface area contributed by atoms with Crippen molar-refractivity contribution in [3.8, 4) is 0 Å². The van der Waals surface area contributed by atoms with E-state index in [1.807, 2.05) is 0 Å². The Morgan fingerprint density at radius 3 is 2.94 bits per heavy atom. The van der Waals surface area contributed by atoms with Crippen LogP contribution in [-0.2, 0) is 28.8 Å². The van der Waals surface area contributed by atoms with Gasteiger partial charge in [0.25, 0.3) is 0 Å². The van der Waals surface area contributed by atoms with Gasteiger partial charge < -0.3 is 14.8 Å². The molecule has 6 heteroatoms. The van der Waals surface area contributed by atoms with Crippen molar-refractivity contribution in [1.82, 2.24) is 9.97 Å². The van der Waals surface area contributed by atoms with Gasteiger partial charge in [0.2, 0.25) is 0 Å². The van der Waals surface area contributed by atoms with Crippen LogP contribution in [-0.4, -0.2) is 34.3 Å². The normalized spacial score (nSPS) is 15.2. The molecule has 1 aromatic rings. The number of hydrogen-bond donors (Lipinski definition) is 2. The fourth-order valence-electron chi connectivity index (χ4n) is 1.85. The third kappa shape index (κ3) is 2.27. The Bertz CT molecular complexity index is 466. The first-order valence-corrected chi connectivity index (χ1v) is 5.07. The van der Waals surface area contributed by atoms with Crippen molar-refractivity contribution in [3.63, 3.8) is 0 Å². The zero-order chi connectivity index (χ0) is 11.5. The first-order chi connectivity index (χ1) is 7.66. The molecule has 16 heavy (non-hydrogen) atoms. The lowest BCUT2D eigenvalue weighted by Gasteiger charge is -2.08. The fraction of sp³-hybridized carbons (Fsp3) is 0.500. The van der Waals surface area contributed by atoms with E-state index in [0.29, 0.717) is 31.7 Å². The first-order valence-electron chi connectivity index (χ1n) is 5.07. The molecule has 0 atom stereocenters. The molecule has 2 N–H and O–H groups in total. The highest BCUT2D eigenvalue weighted by molar-refractivity contribution is 5.70. The van der Waals surface area contributed by atoms with Crippen LogP contribution in [0.3, 0.4) is 0 Å². The van der Waals surface area contributed by atoms with Crippen molar-refractivity contribution in [2.75, 3.05) is 13.2 Å². The number of ether oxygens (including phenoxy) is 1. The zero-order valence-electron chi connectivity index (χ0n) is 8.65. The van der Waals surface area contributed by atoms with Gasteiger partial charge in [0.05, 0.1) is 25.3 Å². The summed E-state index contributed by atoms with van der Waals surface area (Å²) in [6.07, 6.45) is 0.980. The molecule has 0 spiro atoms. The Labute approximate surface area is 91.3 Å². The lowest BCUT2D eigenvalue weighted by molar-refractivity contribution is -0.136. The second-order valence-electron chi connectivity index (χ2n) is 3.63. The predicted molar refractivity (Wildman–Crippen MR) is 54.4 cm³/mol. The Morgan fingerprint density at radius 2 is 2.19 bits per heavy atom. The maximum Gasteiger partial charge on any atom is 0.345 e. The molecule has 0 aromatic carbocycles. The van der Waals surface area contributed by atoms with Gasteiger partial charge in [0.1, 0.15) is 0 Å². The summed E-state index contributed by atoms with van der Waals surface area (Å²) in [5.41, 5.74) is 1.45. The van der Waals surface area contributed by atoms with Gasteiger partial charge in [-0.3, -0.25) is 4.79 Å². The first kappa shape index (κ1) is 10.8. The molecular weight excluding hydrogens is 212 g/mol. The molecule has 86 valence electrons. The molecule has 0 saturated heterocycles. The highest BCUT2D eigenvalue weighted by Crippen LogP contribution is 2.14. The van der Waals surface area contributed by atoms with Gasteiger partial charge in [-0.1, -0.05) is 0 Å². The highest BCUT2D eigenvalue weighted by atomic mass is 16.5.